The molecule has 226 valence electrons. The van der Waals surface area contributed by atoms with E-state index in [1.54, 1.807) is 26.6 Å². The summed E-state index contributed by atoms with van der Waals surface area (Å²) in [6.07, 6.45) is 11.7. The molecule has 42 heavy (non-hydrogen) atoms. The van der Waals surface area contributed by atoms with Gasteiger partial charge in [-0.1, -0.05) is 54.4 Å². The third kappa shape index (κ3) is 8.53. The number of thioether (sulfide) groups is 1. The molecule has 0 unspecified atom stereocenters. The lowest BCUT2D eigenvalue weighted by molar-refractivity contribution is -0.120. The molecule has 1 N–H and O–H groups in total. The fourth-order valence-electron chi connectivity index (χ4n) is 6.09. The van der Waals surface area contributed by atoms with Crippen molar-refractivity contribution >= 4 is 41.7 Å². The molecule has 1 amide bonds. The second-order valence-corrected chi connectivity index (χ2v) is 12.3. The topological polar surface area (TPSA) is 76.6 Å². The second kappa shape index (κ2) is 15.8. The Kier molecular flexibility index (Phi) is 12.2. The van der Waals surface area contributed by atoms with Crippen molar-refractivity contribution in [3.8, 4) is 22.6 Å². The van der Waals surface area contributed by atoms with Crippen LogP contribution < -0.4 is 14.8 Å². The number of carbonyl (C=O) groups excluding carboxylic acids is 1. The number of ether oxygens (including phenoxy) is 2. The zero-order chi connectivity index (χ0) is 28.6. The molecule has 0 radical (unpaired) electrons. The van der Waals surface area contributed by atoms with Crippen LogP contribution in [0.2, 0.25) is 5.02 Å². The number of halogens is 2. The third-order valence-electron chi connectivity index (χ3n) is 8.31. The Labute approximate surface area is 264 Å². The van der Waals surface area contributed by atoms with Crippen molar-refractivity contribution in [3.63, 3.8) is 0 Å². The number of benzene rings is 2. The van der Waals surface area contributed by atoms with Gasteiger partial charge in [0.25, 0.3) is 0 Å². The van der Waals surface area contributed by atoms with Crippen LogP contribution in [0, 0.1) is 5.92 Å². The van der Waals surface area contributed by atoms with E-state index in [2.05, 4.69) is 32.3 Å². The molecule has 0 spiro atoms. The molecule has 1 aliphatic heterocycles. The highest BCUT2D eigenvalue weighted by Crippen LogP contribution is 2.32. The maximum Gasteiger partial charge on any atom is 0.230 e. The zero-order valence-electron chi connectivity index (χ0n) is 24.3. The molecule has 1 saturated heterocycles. The van der Waals surface area contributed by atoms with Crippen LogP contribution in [0.15, 0.2) is 60.0 Å². The van der Waals surface area contributed by atoms with Crippen LogP contribution in [-0.4, -0.2) is 65.9 Å². The van der Waals surface area contributed by atoms with Gasteiger partial charge < -0.3 is 14.8 Å². The number of nitrogens with one attached hydrogen (secondary N) is 1. The number of carbonyl (C=O) groups is 1. The summed E-state index contributed by atoms with van der Waals surface area (Å²) < 4.78 is 10.7. The van der Waals surface area contributed by atoms with E-state index in [1.807, 2.05) is 30.3 Å². The van der Waals surface area contributed by atoms with Crippen LogP contribution in [0.4, 0.5) is 0 Å². The summed E-state index contributed by atoms with van der Waals surface area (Å²) in [6.45, 7) is 2.20. The van der Waals surface area contributed by atoms with Gasteiger partial charge in [0, 0.05) is 35.1 Å². The molecular weight excluding hydrogens is 591 g/mol. The summed E-state index contributed by atoms with van der Waals surface area (Å²) in [7, 11) is 3.23. The minimum atomic E-state index is 0. The first-order chi connectivity index (χ1) is 20.0. The highest BCUT2D eigenvalue weighted by atomic mass is 35.5. The molecule has 10 heteroatoms. The van der Waals surface area contributed by atoms with Crippen LogP contribution in [0.1, 0.15) is 44.1 Å². The molecule has 5 rings (SSSR count). The third-order valence-corrected chi connectivity index (χ3v) is 9.44. The van der Waals surface area contributed by atoms with Crippen molar-refractivity contribution in [2.24, 2.45) is 5.92 Å². The Morgan fingerprint density at radius 3 is 2.33 bits per heavy atom. The van der Waals surface area contributed by atoms with Crippen LogP contribution in [0.3, 0.4) is 0 Å². The average Bonchev–Trinajstić information content (AvgIpc) is 3.02. The van der Waals surface area contributed by atoms with Gasteiger partial charge in [-0.2, -0.15) is 0 Å². The lowest BCUT2D eigenvalue weighted by Gasteiger charge is -2.43. The van der Waals surface area contributed by atoms with Crippen molar-refractivity contribution in [1.29, 1.82) is 0 Å². The SMILES string of the molecule is COc1ccc(-c2cnc(SCC(=O)N[C@@H]3CCCC[C@@H]3N3CCC(Cc4ccc(Cl)cc4)CC3)nc2)cc1OC.Cl. The monoisotopic (exact) mass is 630 g/mol. The summed E-state index contributed by atoms with van der Waals surface area (Å²) in [5.41, 5.74) is 3.18. The van der Waals surface area contributed by atoms with E-state index in [9.17, 15) is 4.79 Å². The van der Waals surface area contributed by atoms with E-state index in [1.165, 1.54) is 43.0 Å². The van der Waals surface area contributed by atoms with E-state index < -0.39 is 0 Å². The van der Waals surface area contributed by atoms with Crippen LogP contribution >= 0.6 is 35.8 Å². The molecule has 1 aliphatic carbocycles. The van der Waals surface area contributed by atoms with Crippen LogP contribution in [0.5, 0.6) is 11.5 Å². The fraction of sp³-hybridized carbons (Fsp3) is 0.469. The molecule has 2 aromatic carbocycles. The van der Waals surface area contributed by atoms with E-state index in [4.69, 9.17) is 21.1 Å². The van der Waals surface area contributed by atoms with E-state index in [-0.39, 0.29) is 24.4 Å². The number of amides is 1. The first kappa shape index (κ1) is 32.4. The van der Waals surface area contributed by atoms with Gasteiger partial charge in [-0.3, -0.25) is 9.69 Å². The number of nitrogens with zero attached hydrogens (tertiary/aromatic N) is 3. The number of likely N-dealkylation sites (tertiary alicyclic amines) is 1. The zero-order valence-corrected chi connectivity index (χ0v) is 26.6. The maximum atomic E-state index is 13.0. The summed E-state index contributed by atoms with van der Waals surface area (Å²) in [5.74, 6) is 2.40. The predicted octanol–water partition coefficient (Wildman–Crippen LogP) is 6.71. The fourth-order valence-corrected chi connectivity index (χ4v) is 6.82. The molecule has 7 nitrogen and oxygen atoms in total. The van der Waals surface area contributed by atoms with E-state index >= 15 is 0 Å². The summed E-state index contributed by atoms with van der Waals surface area (Å²) in [4.78, 5) is 24.6. The van der Waals surface area contributed by atoms with Gasteiger partial charge in [0.1, 0.15) is 0 Å². The number of hydrogen-bond acceptors (Lipinski definition) is 7. The van der Waals surface area contributed by atoms with Crippen LogP contribution in [-0.2, 0) is 11.2 Å². The Balaban J connectivity index is 0.00000405. The molecule has 2 fully saturated rings. The number of aromatic nitrogens is 2. The minimum Gasteiger partial charge on any atom is -0.493 e. The van der Waals surface area contributed by atoms with Crippen molar-refractivity contribution in [1.82, 2.24) is 20.2 Å². The molecule has 0 bridgehead atoms. The van der Waals surface area contributed by atoms with Crippen LogP contribution in [0.25, 0.3) is 11.1 Å². The van der Waals surface area contributed by atoms with Gasteiger partial charge in [0.05, 0.1) is 20.0 Å². The van der Waals surface area contributed by atoms with Gasteiger partial charge in [-0.05, 0) is 86.5 Å². The van der Waals surface area contributed by atoms with Crippen molar-refractivity contribution in [2.75, 3.05) is 33.1 Å². The van der Waals surface area contributed by atoms with Gasteiger partial charge in [0.2, 0.25) is 5.91 Å². The molecule has 1 aromatic heterocycles. The lowest BCUT2D eigenvalue weighted by atomic mass is 9.85. The predicted molar refractivity (Wildman–Crippen MR) is 172 cm³/mol. The standard InChI is InChI=1S/C32H39ClN4O3S.ClH/c1-39-29-12-9-24(18-30(29)40-2)25-19-34-32(35-20-25)41-21-31(38)36-27-5-3-4-6-28(27)37-15-13-23(14-16-37)17-22-7-10-26(33)11-8-22;/h7-12,18-20,23,27-28H,3-6,13-17,21H2,1-2H3,(H,36,38);1H/t27-,28+;/m1./s1. The summed E-state index contributed by atoms with van der Waals surface area (Å²) >= 11 is 7.43. The quantitative estimate of drug-likeness (QED) is 0.197. The number of piperidine rings is 1. The van der Waals surface area contributed by atoms with Gasteiger partial charge in [-0.15, -0.1) is 12.4 Å². The summed E-state index contributed by atoms with van der Waals surface area (Å²) in [5, 5.41) is 4.74. The number of rotatable bonds is 10. The number of methoxy groups -OCH3 is 2. The summed E-state index contributed by atoms with van der Waals surface area (Å²) in [6, 6.07) is 14.6. The Morgan fingerprint density at radius 1 is 0.952 bits per heavy atom. The molecule has 2 atom stereocenters. The lowest BCUT2D eigenvalue weighted by Crippen LogP contribution is -2.55. The van der Waals surface area contributed by atoms with Crippen molar-refractivity contribution < 1.29 is 14.3 Å². The van der Waals surface area contributed by atoms with Gasteiger partial charge >= 0.3 is 0 Å². The highest BCUT2D eigenvalue weighted by Gasteiger charge is 2.33. The van der Waals surface area contributed by atoms with Gasteiger partial charge in [0.15, 0.2) is 16.7 Å². The molecule has 2 heterocycles. The Bertz CT molecular complexity index is 1290. The Hall–Kier alpha value is -2.52. The maximum absolute atomic E-state index is 13.0. The van der Waals surface area contributed by atoms with E-state index in [0.29, 0.717) is 34.4 Å². The second-order valence-electron chi connectivity index (χ2n) is 10.9. The highest BCUT2D eigenvalue weighted by molar-refractivity contribution is 7.99. The average molecular weight is 632 g/mol. The Morgan fingerprint density at radius 2 is 1.64 bits per heavy atom. The molecular formula is C32H40Cl2N4O3S. The molecule has 2 aliphatic rings. The molecule has 1 saturated carbocycles. The van der Waals surface area contributed by atoms with E-state index in [0.717, 1.165) is 48.5 Å². The van der Waals surface area contributed by atoms with Gasteiger partial charge in [-0.25, -0.2) is 9.97 Å². The van der Waals surface area contributed by atoms with Crippen molar-refractivity contribution in [3.05, 3.63) is 65.4 Å². The normalized spacial score (nSPS) is 19.5. The first-order valence-corrected chi connectivity index (χ1v) is 15.8. The minimum absolute atomic E-state index is 0. The number of hydrogen-bond donors (Lipinski definition) is 1. The largest absolute Gasteiger partial charge is 0.493 e. The first-order valence-electron chi connectivity index (χ1n) is 14.5. The van der Waals surface area contributed by atoms with Crippen molar-refractivity contribution in [2.45, 2.75) is 62.2 Å². The smallest absolute Gasteiger partial charge is 0.230 e. The molecule has 3 aromatic rings.